The SMILES string of the molecule is CCNC(=NCc1nnc2n1CCCCC2)NCC(C)COCc1ccccc1.I. The lowest BCUT2D eigenvalue weighted by Crippen LogP contribution is -2.40. The molecule has 1 aliphatic heterocycles. The van der Waals surface area contributed by atoms with Gasteiger partial charge in [0.1, 0.15) is 12.4 Å². The molecule has 0 bridgehead atoms. The van der Waals surface area contributed by atoms with Crippen LogP contribution >= 0.6 is 24.0 Å². The number of nitrogens with one attached hydrogen (secondary N) is 2. The summed E-state index contributed by atoms with van der Waals surface area (Å²) in [6.45, 7) is 8.79. The van der Waals surface area contributed by atoms with Crippen molar-refractivity contribution in [2.75, 3.05) is 19.7 Å². The molecule has 0 spiro atoms. The average Bonchev–Trinajstić information content (AvgIpc) is 2.97. The van der Waals surface area contributed by atoms with Crippen LogP contribution in [0.2, 0.25) is 0 Å². The van der Waals surface area contributed by atoms with Gasteiger partial charge in [-0.15, -0.1) is 34.2 Å². The van der Waals surface area contributed by atoms with Gasteiger partial charge in [0.05, 0.1) is 13.2 Å². The number of nitrogens with zero attached hydrogens (tertiary/aromatic N) is 4. The van der Waals surface area contributed by atoms with E-state index in [0.717, 1.165) is 43.7 Å². The Hall–Kier alpha value is -1.68. The van der Waals surface area contributed by atoms with E-state index in [4.69, 9.17) is 9.73 Å². The van der Waals surface area contributed by atoms with E-state index in [9.17, 15) is 0 Å². The molecule has 3 rings (SSSR count). The number of rotatable bonds is 9. The highest BCUT2D eigenvalue weighted by atomic mass is 127. The van der Waals surface area contributed by atoms with E-state index in [1.807, 2.05) is 18.2 Å². The summed E-state index contributed by atoms with van der Waals surface area (Å²) in [4.78, 5) is 4.72. The monoisotopic (exact) mass is 526 g/mol. The van der Waals surface area contributed by atoms with Gasteiger partial charge in [-0.25, -0.2) is 4.99 Å². The molecule has 8 heteroatoms. The Morgan fingerprint density at radius 2 is 2.00 bits per heavy atom. The third kappa shape index (κ3) is 7.86. The number of ether oxygens (including phenoxy) is 1. The maximum atomic E-state index is 5.84. The van der Waals surface area contributed by atoms with Crippen molar-refractivity contribution < 1.29 is 4.74 Å². The fraction of sp³-hybridized carbons (Fsp3) is 0.591. The Morgan fingerprint density at radius 3 is 2.80 bits per heavy atom. The van der Waals surface area contributed by atoms with E-state index in [2.05, 4.69) is 51.4 Å². The predicted molar refractivity (Wildman–Crippen MR) is 131 cm³/mol. The van der Waals surface area contributed by atoms with Crippen molar-refractivity contribution in [3.63, 3.8) is 0 Å². The molecule has 0 fully saturated rings. The second-order valence-electron chi connectivity index (χ2n) is 7.68. The van der Waals surface area contributed by atoms with Gasteiger partial charge in [-0.1, -0.05) is 43.7 Å². The minimum atomic E-state index is 0. The summed E-state index contributed by atoms with van der Waals surface area (Å²) in [6.07, 6.45) is 4.69. The van der Waals surface area contributed by atoms with E-state index >= 15 is 0 Å². The number of hydrogen-bond donors (Lipinski definition) is 2. The zero-order chi connectivity index (χ0) is 20.3. The lowest BCUT2D eigenvalue weighted by molar-refractivity contribution is 0.0931. The number of benzene rings is 1. The van der Waals surface area contributed by atoms with Crippen molar-refractivity contribution >= 4 is 29.9 Å². The standard InChI is InChI=1S/C22H34N6O.HI/c1-3-23-22(24-14-18(2)16-29-17-19-10-6-4-7-11-19)25-15-21-27-26-20-12-8-5-9-13-28(20)21;/h4,6-7,10-11,18H,3,5,8-9,12-17H2,1-2H3,(H2,23,24,25);1H. The summed E-state index contributed by atoms with van der Waals surface area (Å²) in [5.74, 6) is 3.26. The van der Waals surface area contributed by atoms with Crippen LogP contribution in [-0.4, -0.2) is 40.4 Å². The van der Waals surface area contributed by atoms with Gasteiger partial charge in [-0.2, -0.15) is 0 Å². The van der Waals surface area contributed by atoms with Crippen molar-refractivity contribution in [1.29, 1.82) is 0 Å². The third-order valence-electron chi connectivity index (χ3n) is 5.04. The lowest BCUT2D eigenvalue weighted by Gasteiger charge is -2.16. The summed E-state index contributed by atoms with van der Waals surface area (Å²) >= 11 is 0. The molecule has 1 unspecified atom stereocenters. The van der Waals surface area contributed by atoms with Crippen LogP contribution in [0.3, 0.4) is 0 Å². The topological polar surface area (TPSA) is 76.4 Å². The first-order valence-corrected chi connectivity index (χ1v) is 10.8. The first-order valence-electron chi connectivity index (χ1n) is 10.8. The number of aryl methyl sites for hydroxylation is 1. The van der Waals surface area contributed by atoms with Crippen LogP contribution in [0.15, 0.2) is 35.3 Å². The van der Waals surface area contributed by atoms with E-state index in [1.54, 1.807) is 0 Å². The van der Waals surface area contributed by atoms with Crippen molar-refractivity contribution in [2.24, 2.45) is 10.9 Å². The van der Waals surface area contributed by atoms with Gasteiger partial charge in [0, 0.05) is 26.1 Å². The Balaban J connectivity index is 0.00000320. The third-order valence-corrected chi connectivity index (χ3v) is 5.04. The van der Waals surface area contributed by atoms with Crippen molar-refractivity contribution in [2.45, 2.75) is 59.2 Å². The Labute approximate surface area is 197 Å². The Morgan fingerprint density at radius 1 is 1.17 bits per heavy atom. The number of aliphatic imine (C=N–C) groups is 1. The summed E-state index contributed by atoms with van der Waals surface area (Å²) in [7, 11) is 0. The van der Waals surface area contributed by atoms with Gasteiger partial charge in [-0.05, 0) is 31.2 Å². The van der Waals surface area contributed by atoms with Crippen LogP contribution in [-0.2, 0) is 30.9 Å². The lowest BCUT2D eigenvalue weighted by atomic mass is 10.2. The fourth-order valence-corrected chi connectivity index (χ4v) is 3.44. The molecule has 2 heterocycles. The molecule has 1 aromatic heterocycles. The minimum Gasteiger partial charge on any atom is -0.376 e. The fourth-order valence-electron chi connectivity index (χ4n) is 3.44. The second-order valence-corrected chi connectivity index (χ2v) is 7.68. The van der Waals surface area contributed by atoms with Crippen LogP contribution in [0.5, 0.6) is 0 Å². The zero-order valence-electron chi connectivity index (χ0n) is 18.1. The molecule has 0 radical (unpaired) electrons. The molecular weight excluding hydrogens is 491 g/mol. The van der Waals surface area contributed by atoms with Crippen LogP contribution in [0.25, 0.3) is 0 Å². The second kappa shape index (κ2) is 13.6. The van der Waals surface area contributed by atoms with E-state index in [-0.39, 0.29) is 24.0 Å². The zero-order valence-corrected chi connectivity index (χ0v) is 20.5. The highest BCUT2D eigenvalue weighted by molar-refractivity contribution is 14.0. The van der Waals surface area contributed by atoms with Crippen molar-refractivity contribution in [1.82, 2.24) is 25.4 Å². The summed E-state index contributed by atoms with van der Waals surface area (Å²) in [5.41, 5.74) is 1.20. The molecule has 7 nitrogen and oxygen atoms in total. The van der Waals surface area contributed by atoms with Gasteiger partial charge in [0.2, 0.25) is 0 Å². The molecular formula is C22H35IN6O. The number of aromatic nitrogens is 3. The average molecular weight is 526 g/mol. The largest absolute Gasteiger partial charge is 0.376 e. The van der Waals surface area contributed by atoms with Gasteiger partial charge < -0.3 is 19.9 Å². The number of hydrogen-bond acceptors (Lipinski definition) is 4. The highest BCUT2D eigenvalue weighted by Gasteiger charge is 2.14. The van der Waals surface area contributed by atoms with Crippen molar-refractivity contribution in [3.05, 3.63) is 47.5 Å². The van der Waals surface area contributed by atoms with Gasteiger partial charge in [0.25, 0.3) is 0 Å². The minimum absolute atomic E-state index is 0. The smallest absolute Gasteiger partial charge is 0.191 e. The molecule has 1 atom stereocenters. The van der Waals surface area contributed by atoms with Gasteiger partial charge in [-0.3, -0.25) is 0 Å². The quantitative estimate of drug-likeness (QED) is 0.297. The summed E-state index contributed by atoms with van der Waals surface area (Å²) < 4.78 is 8.09. The number of guanidine groups is 1. The maximum absolute atomic E-state index is 5.84. The van der Waals surface area contributed by atoms with Crippen LogP contribution < -0.4 is 10.6 Å². The molecule has 30 heavy (non-hydrogen) atoms. The van der Waals surface area contributed by atoms with E-state index in [0.29, 0.717) is 25.7 Å². The molecule has 0 saturated heterocycles. The normalized spacial score (nSPS) is 14.9. The molecule has 166 valence electrons. The molecule has 2 N–H and O–H groups in total. The first-order chi connectivity index (χ1) is 14.3. The van der Waals surface area contributed by atoms with Crippen molar-refractivity contribution in [3.8, 4) is 0 Å². The summed E-state index contributed by atoms with van der Waals surface area (Å²) in [6, 6.07) is 10.3. The number of fused-ring (bicyclic) bond motifs is 1. The number of halogens is 1. The van der Waals surface area contributed by atoms with Crippen LogP contribution in [0.1, 0.15) is 50.3 Å². The highest BCUT2D eigenvalue weighted by Crippen LogP contribution is 2.14. The molecule has 1 aromatic carbocycles. The maximum Gasteiger partial charge on any atom is 0.191 e. The molecule has 0 saturated carbocycles. The van der Waals surface area contributed by atoms with Gasteiger partial charge in [0.15, 0.2) is 11.8 Å². The molecule has 2 aromatic rings. The van der Waals surface area contributed by atoms with Crippen LogP contribution in [0, 0.1) is 5.92 Å². The summed E-state index contributed by atoms with van der Waals surface area (Å²) in [5, 5.41) is 15.5. The van der Waals surface area contributed by atoms with Crippen LogP contribution in [0.4, 0.5) is 0 Å². The van der Waals surface area contributed by atoms with Gasteiger partial charge >= 0.3 is 0 Å². The molecule has 1 aliphatic rings. The Kier molecular flexibility index (Phi) is 11.1. The predicted octanol–water partition coefficient (Wildman–Crippen LogP) is 3.53. The molecule has 0 aliphatic carbocycles. The Bertz CT molecular complexity index is 764. The van der Waals surface area contributed by atoms with E-state index in [1.165, 1.54) is 24.8 Å². The van der Waals surface area contributed by atoms with E-state index < -0.39 is 0 Å². The first kappa shape index (κ1) is 24.6. The molecule has 0 amide bonds.